The van der Waals surface area contributed by atoms with Gasteiger partial charge in [0.05, 0.1) is 12.7 Å². The molecule has 1 heterocycles. The van der Waals surface area contributed by atoms with E-state index in [0.29, 0.717) is 23.0 Å². The molecule has 2 aromatic carbocycles. The standard InChI is InChI=1S/C22H22O5/c1-13(2)16-7-5-15(6-8-16)11-20-21(23)18-10-9-17(12-19(18)27-20)26-14(3)22(24)25-4/h5-14H,1-4H3. The lowest BCUT2D eigenvalue weighted by Gasteiger charge is -2.12. The molecule has 1 unspecified atom stereocenters. The number of carbonyl (C=O) groups is 2. The number of hydrogen-bond donors (Lipinski definition) is 0. The number of carbonyl (C=O) groups excluding carboxylic acids is 2. The number of methoxy groups -OCH3 is 1. The fourth-order valence-corrected chi connectivity index (χ4v) is 2.79. The van der Waals surface area contributed by atoms with Gasteiger partial charge in [0.15, 0.2) is 11.9 Å². The number of benzene rings is 2. The minimum atomic E-state index is -0.750. The van der Waals surface area contributed by atoms with Gasteiger partial charge < -0.3 is 14.2 Å². The topological polar surface area (TPSA) is 61.8 Å². The summed E-state index contributed by atoms with van der Waals surface area (Å²) in [7, 11) is 1.30. The Labute approximate surface area is 158 Å². The van der Waals surface area contributed by atoms with E-state index in [2.05, 4.69) is 18.6 Å². The smallest absolute Gasteiger partial charge is 0.346 e. The van der Waals surface area contributed by atoms with Crippen LogP contribution in [0.3, 0.4) is 0 Å². The van der Waals surface area contributed by atoms with Crippen molar-refractivity contribution in [2.24, 2.45) is 0 Å². The van der Waals surface area contributed by atoms with E-state index >= 15 is 0 Å². The molecule has 0 amide bonds. The van der Waals surface area contributed by atoms with Crippen LogP contribution in [0.4, 0.5) is 0 Å². The maximum absolute atomic E-state index is 12.6. The van der Waals surface area contributed by atoms with Crippen molar-refractivity contribution < 1.29 is 23.8 Å². The van der Waals surface area contributed by atoms with E-state index in [1.54, 1.807) is 31.2 Å². The van der Waals surface area contributed by atoms with E-state index in [9.17, 15) is 9.59 Å². The first-order valence-corrected chi connectivity index (χ1v) is 8.81. The molecule has 5 nitrogen and oxygen atoms in total. The Morgan fingerprint density at radius 3 is 2.41 bits per heavy atom. The quantitative estimate of drug-likeness (QED) is 0.581. The lowest BCUT2D eigenvalue weighted by molar-refractivity contribution is -0.147. The molecule has 0 radical (unpaired) electrons. The Bertz CT molecular complexity index is 893. The second kappa shape index (κ2) is 7.66. The van der Waals surface area contributed by atoms with E-state index in [0.717, 1.165) is 5.56 Å². The lowest BCUT2D eigenvalue weighted by Crippen LogP contribution is -2.24. The summed E-state index contributed by atoms with van der Waals surface area (Å²) in [4.78, 5) is 24.0. The van der Waals surface area contributed by atoms with Gasteiger partial charge in [0, 0.05) is 6.07 Å². The second-order valence-corrected chi connectivity index (χ2v) is 6.70. The molecule has 3 rings (SSSR count). The number of allylic oxidation sites excluding steroid dienone is 1. The predicted molar refractivity (Wildman–Crippen MR) is 102 cm³/mol. The minimum absolute atomic E-state index is 0.175. The number of rotatable bonds is 5. The fourth-order valence-electron chi connectivity index (χ4n) is 2.79. The third-order valence-corrected chi connectivity index (χ3v) is 4.39. The number of ketones is 1. The van der Waals surface area contributed by atoms with E-state index in [1.165, 1.54) is 12.7 Å². The molecule has 0 aliphatic carbocycles. The van der Waals surface area contributed by atoms with Crippen LogP contribution in [0.5, 0.6) is 11.5 Å². The summed E-state index contributed by atoms with van der Waals surface area (Å²) in [5.41, 5.74) is 2.60. The molecule has 2 aromatic rings. The molecule has 27 heavy (non-hydrogen) atoms. The molecule has 1 aliphatic heterocycles. The third kappa shape index (κ3) is 4.03. The van der Waals surface area contributed by atoms with Crippen LogP contribution in [-0.2, 0) is 9.53 Å². The van der Waals surface area contributed by atoms with Gasteiger partial charge in [-0.25, -0.2) is 4.79 Å². The van der Waals surface area contributed by atoms with Crippen molar-refractivity contribution in [3.63, 3.8) is 0 Å². The fraction of sp³-hybridized carbons (Fsp3) is 0.273. The van der Waals surface area contributed by atoms with Crippen LogP contribution in [0, 0.1) is 0 Å². The van der Waals surface area contributed by atoms with Crippen LogP contribution in [0.1, 0.15) is 48.2 Å². The molecule has 140 valence electrons. The summed E-state index contributed by atoms with van der Waals surface area (Å²) in [6.45, 7) is 5.86. The Hall–Kier alpha value is -3.08. The summed E-state index contributed by atoms with van der Waals surface area (Å²) in [5.74, 6) is 0.914. The maximum Gasteiger partial charge on any atom is 0.346 e. The van der Waals surface area contributed by atoms with Crippen molar-refractivity contribution >= 4 is 17.8 Å². The molecule has 0 saturated carbocycles. The van der Waals surface area contributed by atoms with Crippen molar-refractivity contribution in [2.75, 3.05) is 7.11 Å². The number of esters is 1. The molecule has 0 aromatic heterocycles. The zero-order valence-corrected chi connectivity index (χ0v) is 15.8. The van der Waals surface area contributed by atoms with Gasteiger partial charge in [-0.2, -0.15) is 0 Å². The Balaban J connectivity index is 1.79. The summed E-state index contributed by atoms with van der Waals surface area (Å²) in [6, 6.07) is 12.9. The van der Waals surface area contributed by atoms with Crippen LogP contribution >= 0.6 is 0 Å². The predicted octanol–water partition coefficient (Wildman–Crippen LogP) is 4.37. The molecule has 0 spiro atoms. The van der Waals surface area contributed by atoms with Gasteiger partial charge in [0.1, 0.15) is 11.5 Å². The number of ether oxygens (including phenoxy) is 3. The Morgan fingerprint density at radius 1 is 1.07 bits per heavy atom. The van der Waals surface area contributed by atoms with Crippen molar-refractivity contribution in [3.8, 4) is 11.5 Å². The van der Waals surface area contributed by atoms with Crippen LogP contribution in [-0.4, -0.2) is 25.0 Å². The summed E-state index contributed by atoms with van der Waals surface area (Å²) in [6.07, 6.45) is 0.976. The van der Waals surface area contributed by atoms with Crippen molar-refractivity contribution in [1.82, 2.24) is 0 Å². The van der Waals surface area contributed by atoms with E-state index in [-0.39, 0.29) is 11.5 Å². The maximum atomic E-state index is 12.6. The molecule has 0 bridgehead atoms. The van der Waals surface area contributed by atoms with Gasteiger partial charge in [0.25, 0.3) is 0 Å². The second-order valence-electron chi connectivity index (χ2n) is 6.70. The van der Waals surface area contributed by atoms with Gasteiger partial charge in [-0.15, -0.1) is 0 Å². The van der Waals surface area contributed by atoms with Gasteiger partial charge in [-0.05, 0) is 42.2 Å². The number of hydrogen-bond acceptors (Lipinski definition) is 5. The van der Waals surface area contributed by atoms with Gasteiger partial charge >= 0.3 is 5.97 Å². The van der Waals surface area contributed by atoms with E-state index < -0.39 is 12.1 Å². The summed E-state index contributed by atoms with van der Waals surface area (Å²) < 4.78 is 15.9. The largest absolute Gasteiger partial charge is 0.479 e. The SMILES string of the molecule is COC(=O)C(C)Oc1ccc2c(c1)OC(=Cc1ccc(C(C)C)cc1)C2=O. The van der Waals surface area contributed by atoms with Gasteiger partial charge in [0.2, 0.25) is 5.78 Å². The first-order chi connectivity index (χ1) is 12.9. The lowest BCUT2D eigenvalue weighted by atomic mass is 10.0. The highest BCUT2D eigenvalue weighted by molar-refractivity contribution is 6.14. The summed E-state index contributed by atoms with van der Waals surface area (Å²) in [5, 5.41) is 0. The first-order valence-electron chi connectivity index (χ1n) is 8.81. The molecule has 0 N–H and O–H groups in total. The molecule has 1 aliphatic rings. The molecule has 0 saturated heterocycles. The van der Waals surface area contributed by atoms with Crippen molar-refractivity contribution in [2.45, 2.75) is 32.8 Å². The molecule has 0 fully saturated rings. The average molecular weight is 366 g/mol. The zero-order valence-electron chi connectivity index (χ0n) is 15.8. The van der Waals surface area contributed by atoms with Crippen LogP contribution < -0.4 is 9.47 Å². The number of Topliss-reactive ketones (excluding diaryl/α,β-unsaturated/α-hetero) is 1. The van der Waals surface area contributed by atoms with Crippen molar-refractivity contribution in [1.29, 1.82) is 0 Å². The molecular weight excluding hydrogens is 344 g/mol. The Morgan fingerprint density at radius 2 is 1.78 bits per heavy atom. The van der Waals surface area contributed by atoms with Crippen LogP contribution in [0.15, 0.2) is 48.2 Å². The molecule has 1 atom stereocenters. The monoisotopic (exact) mass is 366 g/mol. The highest BCUT2D eigenvalue weighted by Gasteiger charge is 2.28. The van der Waals surface area contributed by atoms with Gasteiger partial charge in [-0.1, -0.05) is 38.1 Å². The van der Waals surface area contributed by atoms with Crippen molar-refractivity contribution in [3.05, 3.63) is 64.9 Å². The molecular formula is C22H22O5. The number of fused-ring (bicyclic) bond motifs is 1. The van der Waals surface area contributed by atoms with Crippen LogP contribution in [0.2, 0.25) is 0 Å². The Kier molecular flexibility index (Phi) is 5.31. The zero-order chi connectivity index (χ0) is 19.6. The van der Waals surface area contributed by atoms with E-state index in [4.69, 9.17) is 9.47 Å². The van der Waals surface area contributed by atoms with E-state index in [1.807, 2.05) is 24.3 Å². The minimum Gasteiger partial charge on any atom is -0.479 e. The average Bonchev–Trinajstić information content (AvgIpc) is 2.96. The highest BCUT2D eigenvalue weighted by Crippen LogP contribution is 2.35. The first kappa shape index (κ1) is 18.7. The van der Waals surface area contributed by atoms with Crippen LogP contribution in [0.25, 0.3) is 6.08 Å². The summed E-state index contributed by atoms with van der Waals surface area (Å²) >= 11 is 0. The third-order valence-electron chi connectivity index (χ3n) is 4.39. The molecule has 5 heteroatoms. The van der Waals surface area contributed by atoms with Gasteiger partial charge in [-0.3, -0.25) is 4.79 Å². The highest BCUT2D eigenvalue weighted by atomic mass is 16.6. The normalized spacial score (nSPS) is 15.4.